The largest absolute Gasteiger partial charge is 0.370 e. The van der Waals surface area contributed by atoms with Gasteiger partial charge in [0.1, 0.15) is 17.5 Å². The van der Waals surface area contributed by atoms with Gasteiger partial charge in [-0.3, -0.25) is 0 Å². The highest BCUT2D eigenvalue weighted by atomic mass is 15.1. The maximum Gasteiger partial charge on any atom is 0.131 e. The van der Waals surface area contributed by atoms with Crippen LogP contribution in [0.2, 0.25) is 0 Å². The van der Waals surface area contributed by atoms with Crippen molar-refractivity contribution in [3.8, 4) is 0 Å². The van der Waals surface area contributed by atoms with Gasteiger partial charge in [0, 0.05) is 31.7 Å². The number of nitrogens with zero attached hydrogens (tertiary/aromatic N) is 3. The van der Waals surface area contributed by atoms with Crippen molar-refractivity contribution in [1.29, 1.82) is 0 Å². The molecule has 1 rings (SSSR count). The van der Waals surface area contributed by atoms with E-state index in [0.29, 0.717) is 6.04 Å². The molecule has 1 heterocycles. The molecule has 0 saturated heterocycles. The van der Waals surface area contributed by atoms with Crippen LogP contribution in [0.25, 0.3) is 0 Å². The summed E-state index contributed by atoms with van der Waals surface area (Å²) in [6, 6.07) is 2.59. The lowest BCUT2D eigenvalue weighted by molar-refractivity contribution is 0.261. The second kappa shape index (κ2) is 8.74. The van der Waals surface area contributed by atoms with Gasteiger partial charge in [-0.15, -0.1) is 0 Å². The van der Waals surface area contributed by atoms with Crippen molar-refractivity contribution < 1.29 is 0 Å². The summed E-state index contributed by atoms with van der Waals surface area (Å²) < 4.78 is 0. The molecule has 0 saturated carbocycles. The van der Waals surface area contributed by atoms with Crippen LogP contribution in [0.15, 0.2) is 6.07 Å². The van der Waals surface area contributed by atoms with Gasteiger partial charge in [-0.1, -0.05) is 13.8 Å². The van der Waals surface area contributed by atoms with Crippen molar-refractivity contribution >= 4 is 11.6 Å². The number of hydrogen-bond acceptors (Lipinski definition) is 5. The number of aryl methyl sites for hydroxylation is 1. The molecule has 0 aliphatic heterocycles. The van der Waals surface area contributed by atoms with Crippen LogP contribution in [0, 0.1) is 6.92 Å². The van der Waals surface area contributed by atoms with Gasteiger partial charge < -0.3 is 15.5 Å². The van der Waals surface area contributed by atoms with Crippen LogP contribution < -0.4 is 10.6 Å². The van der Waals surface area contributed by atoms with Crippen molar-refractivity contribution in [1.82, 2.24) is 14.9 Å². The minimum Gasteiger partial charge on any atom is -0.370 e. The summed E-state index contributed by atoms with van der Waals surface area (Å²) in [5.74, 6) is 2.59. The molecule has 2 N–H and O–H groups in total. The van der Waals surface area contributed by atoms with E-state index in [1.807, 2.05) is 13.0 Å². The van der Waals surface area contributed by atoms with Crippen LogP contribution in [0.3, 0.4) is 0 Å². The average molecular weight is 279 g/mol. The van der Waals surface area contributed by atoms with Gasteiger partial charge in [0.25, 0.3) is 0 Å². The van der Waals surface area contributed by atoms with Crippen molar-refractivity contribution in [2.75, 3.05) is 37.3 Å². The quantitative estimate of drug-likeness (QED) is 0.728. The van der Waals surface area contributed by atoms with E-state index in [1.165, 1.54) is 6.42 Å². The second-order valence-electron chi connectivity index (χ2n) is 5.28. The van der Waals surface area contributed by atoms with E-state index >= 15 is 0 Å². The number of rotatable bonds is 9. The molecule has 0 aliphatic carbocycles. The fourth-order valence-electron chi connectivity index (χ4n) is 1.89. The molecule has 20 heavy (non-hydrogen) atoms. The highest BCUT2D eigenvalue weighted by molar-refractivity contribution is 5.47. The standard InChI is InChI=1S/C15H29N5/c1-6-8-16-14-11-15(19-13(4)18-14)17-9-10-20(5)12(3)7-2/h11-12H,6-10H2,1-5H3,(H2,16,17,18,19). The smallest absolute Gasteiger partial charge is 0.131 e. The SMILES string of the molecule is CCCNc1cc(NCCN(C)C(C)CC)nc(C)n1. The molecule has 1 atom stereocenters. The summed E-state index contributed by atoms with van der Waals surface area (Å²) in [4.78, 5) is 11.2. The Kier molecular flexibility index (Phi) is 7.30. The Morgan fingerprint density at radius 1 is 1.15 bits per heavy atom. The van der Waals surface area contributed by atoms with Gasteiger partial charge in [-0.2, -0.15) is 0 Å². The Morgan fingerprint density at radius 3 is 2.30 bits per heavy atom. The number of anilines is 2. The van der Waals surface area contributed by atoms with Gasteiger partial charge in [-0.05, 0) is 33.7 Å². The van der Waals surface area contributed by atoms with Crippen LogP contribution in [-0.2, 0) is 0 Å². The fourth-order valence-corrected chi connectivity index (χ4v) is 1.89. The number of hydrogen-bond donors (Lipinski definition) is 2. The Hall–Kier alpha value is -1.36. The summed E-state index contributed by atoms with van der Waals surface area (Å²) in [5.41, 5.74) is 0. The molecule has 1 aromatic rings. The van der Waals surface area contributed by atoms with Crippen LogP contribution >= 0.6 is 0 Å². The zero-order valence-corrected chi connectivity index (χ0v) is 13.5. The third-order valence-electron chi connectivity index (χ3n) is 3.51. The first-order valence-corrected chi connectivity index (χ1v) is 7.60. The van der Waals surface area contributed by atoms with Crippen molar-refractivity contribution in [2.45, 2.75) is 46.6 Å². The lowest BCUT2D eigenvalue weighted by atomic mass is 10.2. The Balaban J connectivity index is 2.48. The van der Waals surface area contributed by atoms with Crippen molar-refractivity contribution in [2.24, 2.45) is 0 Å². The monoisotopic (exact) mass is 279 g/mol. The van der Waals surface area contributed by atoms with Crippen molar-refractivity contribution in [3.63, 3.8) is 0 Å². The van der Waals surface area contributed by atoms with Crippen LogP contribution in [0.4, 0.5) is 11.6 Å². The summed E-state index contributed by atoms with van der Waals surface area (Å²) in [6.07, 6.45) is 2.26. The zero-order chi connectivity index (χ0) is 15.0. The van der Waals surface area contributed by atoms with Crippen molar-refractivity contribution in [3.05, 3.63) is 11.9 Å². The first-order valence-electron chi connectivity index (χ1n) is 7.60. The predicted molar refractivity (Wildman–Crippen MR) is 86.4 cm³/mol. The van der Waals surface area contributed by atoms with E-state index in [4.69, 9.17) is 0 Å². The zero-order valence-electron chi connectivity index (χ0n) is 13.5. The van der Waals surface area contributed by atoms with Gasteiger partial charge in [-0.25, -0.2) is 9.97 Å². The number of nitrogens with one attached hydrogen (secondary N) is 2. The van der Waals surface area contributed by atoms with Crippen LogP contribution in [-0.4, -0.2) is 47.6 Å². The molecule has 5 nitrogen and oxygen atoms in total. The molecule has 5 heteroatoms. The van der Waals surface area contributed by atoms with Gasteiger partial charge in [0.2, 0.25) is 0 Å². The molecule has 0 spiro atoms. The molecular weight excluding hydrogens is 250 g/mol. The molecule has 0 bridgehead atoms. The molecule has 0 fully saturated rings. The number of aromatic nitrogens is 2. The molecular formula is C15H29N5. The van der Waals surface area contributed by atoms with E-state index in [1.54, 1.807) is 0 Å². The minimum absolute atomic E-state index is 0.616. The predicted octanol–water partition coefficient (Wildman–Crippen LogP) is 2.75. The molecule has 0 aromatic carbocycles. The van der Waals surface area contributed by atoms with Crippen LogP contribution in [0.5, 0.6) is 0 Å². The first-order chi connectivity index (χ1) is 9.56. The summed E-state index contributed by atoms with van der Waals surface area (Å²) in [6.45, 7) is 11.4. The van der Waals surface area contributed by atoms with E-state index in [0.717, 1.165) is 43.5 Å². The second-order valence-corrected chi connectivity index (χ2v) is 5.28. The maximum atomic E-state index is 4.42. The van der Waals surface area contributed by atoms with Gasteiger partial charge in [0.05, 0.1) is 0 Å². The maximum absolute atomic E-state index is 4.42. The summed E-state index contributed by atoms with van der Waals surface area (Å²) in [5, 5.41) is 6.68. The lowest BCUT2D eigenvalue weighted by Gasteiger charge is -2.23. The van der Waals surface area contributed by atoms with Crippen LogP contribution in [0.1, 0.15) is 39.4 Å². The lowest BCUT2D eigenvalue weighted by Crippen LogP contribution is -2.32. The Morgan fingerprint density at radius 2 is 1.75 bits per heavy atom. The molecule has 0 amide bonds. The Labute approximate surface area is 123 Å². The molecule has 114 valence electrons. The molecule has 0 aliphatic rings. The summed E-state index contributed by atoms with van der Waals surface area (Å²) in [7, 11) is 2.16. The normalized spacial score (nSPS) is 12.5. The summed E-state index contributed by atoms with van der Waals surface area (Å²) >= 11 is 0. The third-order valence-corrected chi connectivity index (χ3v) is 3.51. The van der Waals surface area contributed by atoms with E-state index < -0.39 is 0 Å². The Bertz CT molecular complexity index is 394. The fraction of sp³-hybridized carbons (Fsp3) is 0.733. The van der Waals surface area contributed by atoms with E-state index in [9.17, 15) is 0 Å². The highest BCUT2D eigenvalue weighted by Crippen LogP contribution is 2.11. The molecule has 1 unspecified atom stereocenters. The highest BCUT2D eigenvalue weighted by Gasteiger charge is 2.06. The van der Waals surface area contributed by atoms with Gasteiger partial charge in [0.15, 0.2) is 0 Å². The topological polar surface area (TPSA) is 53.1 Å². The minimum atomic E-state index is 0.616. The van der Waals surface area contributed by atoms with Gasteiger partial charge >= 0.3 is 0 Å². The average Bonchev–Trinajstić information content (AvgIpc) is 2.43. The molecule has 0 radical (unpaired) electrons. The molecule has 1 aromatic heterocycles. The van der Waals surface area contributed by atoms with E-state index in [-0.39, 0.29) is 0 Å². The third kappa shape index (κ3) is 5.74. The van der Waals surface area contributed by atoms with E-state index in [2.05, 4.69) is 53.3 Å². The first kappa shape index (κ1) is 16.7. The number of likely N-dealkylation sites (N-methyl/N-ethyl adjacent to an activating group) is 1.